The molecule has 2 aliphatic rings. The number of aromatic nitrogens is 1. The maximum absolute atomic E-state index is 8.81. The van der Waals surface area contributed by atoms with Gasteiger partial charge in [0.25, 0.3) is 0 Å². The molecule has 76 valence electrons. The Balaban J connectivity index is 1.90. The Hall–Kier alpha value is -1.56. The molecule has 0 amide bonds. The second-order valence-electron chi connectivity index (χ2n) is 4.50. The van der Waals surface area contributed by atoms with Gasteiger partial charge in [-0.05, 0) is 37.3 Å². The van der Waals surface area contributed by atoms with Gasteiger partial charge in [-0.1, -0.05) is 0 Å². The molecule has 1 saturated carbocycles. The molecule has 3 nitrogen and oxygen atoms in total. The minimum Gasteiger partial charge on any atom is -0.368 e. The first-order valence-electron chi connectivity index (χ1n) is 5.49. The summed E-state index contributed by atoms with van der Waals surface area (Å²) in [5.74, 6) is 0.883. The summed E-state index contributed by atoms with van der Waals surface area (Å²) >= 11 is 0. The SMILES string of the molecule is N#Cc1cc(N2C[C@@H]3CC[C@H]2C3)ccn1. The summed E-state index contributed by atoms with van der Waals surface area (Å²) < 4.78 is 0. The van der Waals surface area contributed by atoms with Crippen LogP contribution in [0.5, 0.6) is 0 Å². The van der Waals surface area contributed by atoms with Gasteiger partial charge in [0.2, 0.25) is 0 Å². The lowest BCUT2D eigenvalue weighted by atomic mass is 10.1. The van der Waals surface area contributed by atoms with E-state index in [2.05, 4.69) is 16.0 Å². The van der Waals surface area contributed by atoms with Crippen molar-refractivity contribution in [3.05, 3.63) is 24.0 Å². The van der Waals surface area contributed by atoms with Gasteiger partial charge in [0, 0.05) is 24.5 Å². The van der Waals surface area contributed by atoms with Crippen molar-refractivity contribution in [2.45, 2.75) is 25.3 Å². The van der Waals surface area contributed by atoms with Crippen LogP contribution < -0.4 is 4.90 Å². The summed E-state index contributed by atoms with van der Waals surface area (Å²) in [4.78, 5) is 6.44. The van der Waals surface area contributed by atoms with Gasteiger partial charge >= 0.3 is 0 Å². The monoisotopic (exact) mass is 199 g/mol. The number of nitrogens with zero attached hydrogens (tertiary/aromatic N) is 3. The van der Waals surface area contributed by atoms with Crippen LogP contribution in [0.3, 0.4) is 0 Å². The molecule has 0 radical (unpaired) electrons. The zero-order valence-electron chi connectivity index (χ0n) is 8.56. The van der Waals surface area contributed by atoms with Crippen molar-refractivity contribution in [2.24, 2.45) is 5.92 Å². The van der Waals surface area contributed by atoms with E-state index < -0.39 is 0 Å². The Morgan fingerprint density at radius 1 is 1.47 bits per heavy atom. The predicted octanol–water partition coefficient (Wildman–Crippen LogP) is 1.94. The van der Waals surface area contributed by atoms with Gasteiger partial charge in [0.15, 0.2) is 0 Å². The lowest BCUT2D eigenvalue weighted by Crippen LogP contribution is -2.31. The van der Waals surface area contributed by atoms with E-state index in [4.69, 9.17) is 5.26 Å². The molecule has 1 saturated heterocycles. The first kappa shape index (κ1) is 8.72. The van der Waals surface area contributed by atoms with Crippen LogP contribution in [0, 0.1) is 17.2 Å². The number of rotatable bonds is 1. The fourth-order valence-corrected chi connectivity index (χ4v) is 2.90. The number of hydrogen-bond acceptors (Lipinski definition) is 3. The van der Waals surface area contributed by atoms with E-state index in [1.807, 2.05) is 12.1 Å². The molecule has 2 fully saturated rings. The quantitative estimate of drug-likeness (QED) is 0.694. The van der Waals surface area contributed by atoms with Gasteiger partial charge in [-0.3, -0.25) is 0 Å². The molecule has 1 aliphatic heterocycles. The topological polar surface area (TPSA) is 39.9 Å². The Kier molecular flexibility index (Phi) is 1.88. The van der Waals surface area contributed by atoms with Gasteiger partial charge in [-0.2, -0.15) is 5.26 Å². The number of hydrogen-bond donors (Lipinski definition) is 0. The highest BCUT2D eigenvalue weighted by Crippen LogP contribution is 2.39. The smallest absolute Gasteiger partial charge is 0.142 e. The molecule has 2 heterocycles. The van der Waals surface area contributed by atoms with E-state index in [0.29, 0.717) is 11.7 Å². The third-order valence-corrected chi connectivity index (χ3v) is 3.60. The molecular formula is C12H13N3. The zero-order chi connectivity index (χ0) is 10.3. The third kappa shape index (κ3) is 1.37. The third-order valence-electron chi connectivity index (χ3n) is 3.60. The average molecular weight is 199 g/mol. The van der Waals surface area contributed by atoms with E-state index in [9.17, 15) is 0 Å². The number of pyridine rings is 1. The summed E-state index contributed by atoms with van der Waals surface area (Å²) in [6, 6.07) is 6.73. The summed E-state index contributed by atoms with van der Waals surface area (Å²) in [5.41, 5.74) is 1.70. The van der Waals surface area contributed by atoms with Crippen LogP contribution in [0.1, 0.15) is 25.0 Å². The maximum atomic E-state index is 8.81. The minimum absolute atomic E-state index is 0.523. The summed E-state index contributed by atoms with van der Waals surface area (Å²) in [6.45, 7) is 1.17. The highest BCUT2D eigenvalue weighted by molar-refractivity contribution is 5.51. The molecule has 0 aromatic carbocycles. The Bertz CT molecular complexity index is 421. The number of anilines is 1. The highest BCUT2D eigenvalue weighted by atomic mass is 15.2. The van der Waals surface area contributed by atoms with Gasteiger partial charge < -0.3 is 4.90 Å². The van der Waals surface area contributed by atoms with E-state index in [0.717, 1.165) is 5.92 Å². The molecule has 3 rings (SSSR count). The summed E-state index contributed by atoms with van der Waals surface area (Å²) in [6.07, 6.45) is 5.77. The highest BCUT2D eigenvalue weighted by Gasteiger charge is 2.37. The average Bonchev–Trinajstić information content (AvgIpc) is 2.91. The van der Waals surface area contributed by atoms with Gasteiger partial charge in [-0.25, -0.2) is 4.98 Å². The second kappa shape index (κ2) is 3.23. The van der Waals surface area contributed by atoms with E-state index >= 15 is 0 Å². The largest absolute Gasteiger partial charge is 0.368 e. The van der Waals surface area contributed by atoms with Crippen LogP contribution in [-0.4, -0.2) is 17.6 Å². The van der Waals surface area contributed by atoms with Crippen LogP contribution in [0.15, 0.2) is 18.3 Å². The van der Waals surface area contributed by atoms with Crippen LogP contribution in [0.4, 0.5) is 5.69 Å². The second-order valence-corrected chi connectivity index (χ2v) is 4.50. The van der Waals surface area contributed by atoms with Crippen molar-refractivity contribution < 1.29 is 0 Å². The summed E-state index contributed by atoms with van der Waals surface area (Å²) in [5, 5.41) is 8.81. The van der Waals surface area contributed by atoms with Gasteiger partial charge in [0.05, 0.1) is 0 Å². The van der Waals surface area contributed by atoms with Crippen LogP contribution in [0.25, 0.3) is 0 Å². The summed E-state index contributed by atoms with van der Waals surface area (Å²) in [7, 11) is 0. The van der Waals surface area contributed by atoms with Crippen molar-refractivity contribution in [1.82, 2.24) is 4.98 Å². The molecule has 2 bridgehead atoms. The lowest BCUT2D eigenvalue weighted by molar-refractivity contribution is 0.553. The van der Waals surface area contributed by atoms with E-state index in [1.54, 1.807) is 6.20 Å². The Labute approximate surface area is 89.3 Å². The first-order valence-corrected chi connectivity index (χ1v) is 5.49. The standard InChI is InChI=1S/C12H13N3/c13-7-10-6-12(3-4-14-10)15-8-9-1-2-11(15)5-9/h3-4,6,9,11H,1-2,5,8H2/t9-,11+/m1/s1. The molecular weight excluding hydrogens is 186 g/mol. The van der Waals surface area contributed by atoms with Gasteiger partial charge in [-0.15, -0.1) is 0 Å². The Morgan fingerprint density at radius 3 is 3.07 bits per heavy atom. The van der Waals surface area contributed by atoms with Crippen molar-refractivity contribution >= 4 is 5.69 Å². The molecule has 1 aliphatic carbocycles. The van der Waals surface area contributed by atoms with E-state index in [1.165, 1.54) is 31.5 Å². The zero-order valence-corrected chi connectivity index (χ0v) is 8.56. The van der Waals surface area contributed by atoms with Crippen molar-refractivity contribution in [3.63, 3.8) is 0 Å². The predicted molar refractivity (Wildman–Crippen MR) is 57.4 cm³/mol. The maximum Gasteiger partial charge on any atom is 0.142 e. The molecule has 0 unspecified atom stereocenters. The molecule has 3 heteroatoms. The number of nitriles is 1. The van der Waals surface area contributed by atoms with Crippen LogP contribution in [-0.2, 0) is 0 Å². The minimum atomic E-state index is 0.523. The molecule has 0 spiro atoms. The molecule has 1 aromatic heterocycles. The van der Waals surface area contributed by atoms with Crippen molar-refractivity contribution in [1.29, 1.82) is 5.26 Å². The first-order chi connectivity index (χ1) is 7.36. The fraction of sp³-hybridized carbons (Fsp3) is 0.500. The van der Waals surface area contributed by atoms with Crippen LogP contribution >= 0.6 is 0 Å². The normalized spacial score (nSPS) is 28.1. The van der Waals surface area contributed by atoms with Crippen molar-refractivity contribution in [3.8, 4) is 6.07 Å². The molecule has 15 heavy (non-hydrogen) atoms. The molecule has 0 N–H and O–H groups in total. The Morgan fingerprint density at radius 2 is 2.40 bits per heavy atom. The van der Waals surface area contributed by atoms with Crippen LogP contribution in [0.2, 0.25) is 0 Å². The fourth-order valence-electron chi connectivity index (χ4n) is 2.90. The number of piperidine rings is 1. The molecule has 1 aromatic rings. The lowest BCUT2D eigenvalue weighted by Gasteiger charge is -2.29. The van der Waals surface area contributed by atoms with E-state index in [-0.39, 0.29) is 0 Å². The molecule has 2 atom stereocenters. The van der Waals surface area contributed by atoms with Crippen molar-refractivity contribution in [2.75, 3.05) is 11.4 Å². The van der Waals surface area contributed by atoms with Gasteiger partial charge in [0.1, 0.15) is 11.8 Å². The number of fused-ring (bicyclic) bond motifs is 2.